The second-order valence-electron chi connectivity index (χ2n) is 5.05. The van der Waals surface area contributed by atoms with Crippen molar-refractivity contribution in [3.05, 3.63) is 28.2 Å². The number of carbonyl (C=O) groups excluding carboxylic acids is 1. The Bertz CT molecular complexity index is 580. The highest BCUT2D eigenvalue weighted by molar-refractivity contribution is 5.89. The van der Waals surface area contributed by atoms with Gasteiger partial charge in [-0.25, -0.2) is 4.79 Å². The van der Waals surface area contributed by atoms with Crippen molar-refractivity contribution in [2.24, 2.45) is 5.92 Å². The molecule has 0 aliphatic carbocycles. The van der Waals surface area contributed by atoms with Crippen molar-refractivity contribution in [2.75, 3.05) is 25.1 Å². The standard InChI is InChI=1S/C13H16F3N3O3/c14-13(15,16)9-4-10(11(20)17-6-9)19-12(21)18-5-8-2-1-3-22-7-8/h4,6,8H,1-3,5,7H2,(H,17,20)(H2,18,19,21)/t8-/m1/s1. The third kappa shape index (κ3) is 4.48. The van der Waals surface area contributed by atoms with E-state index in [9.17, 15) is 22.8 Å². The van der Waals surface area contributed by atoms with E-state index in [1.54, 1.807) is 0 Å². The minimum Gasteiger partial charge on any atom is -0.381 e. The zero-order valence-electron chi connectivity index (χ0n) is 11.6. The predicted molar refractivity (Wildman–Crippen MR) is 72.6 cm³/mol. The molecule has 0 spiro atoms. The number of rotatable bonds is 3. The van der Waals surface area contributed by atoms with Gasteiger partial charge in [-0.3, -0.25) is 4.79 Å². The van der Waals surface area contributed by atoms with Gasteiger partial charge in [-0.2, -0.15) is 13.2 Å². The van der Waals surface area contributed by atoms with Crippen LogP contribution in [0, 0.1) is 5.92 Å². The van der Waals surface area contributed by atoms with Gasteiger partial charge < -0.3 is 20.4 Å². The molecule has 6 nitrogen and oxygen atoms in total. The highest BCUT2D eigenvalue weighted by Crippen LogP contribution is 2.29. The Kier molecular flexibility index (Phi) is 5.07. The van der Waals surface area contributed by atoms with Crippen LogP contribution in [0.2, 0.25) is 0 Å². The summed E-state index contributed by atoms with van der Waals surface area (Å²) in [6, 6.07) is -0.127. The number of halogens is 3. The number of amides is 2. The molecule has 1 aliphatic rings. The summed E-state index contributed by atoms with van der Waals surface area (Å²) in [6.45, 7) is 1.56. The lowest BCUT2D eigenvalue weighted by atomic mass is 10.0. The van der Waals surface area contributed by atoms with E-state index in [-0.39, 0.29) is 5.92 Å². The van der Waals surface area contributed by atoms with E-state index in [1.807, 2.05) is 4.98 Å². The van der Waals surface area contributed by atoms with Crippen molar-refractivity contribution in [1.82, 2.24) is 10.3 Å². The molecule has 1 aromatic heterocycles. The molecule has 2 rings (SSSR count). The molecule has 0 aromatic carbocycles. The second-order valence-corrected chi connectivity index (χ2v) is 5.05. The fourth-order valence-electron chi connectivity index (χ4n) is 2.11. The first-order chi connectivity index (χ1) is 10.4. The number of hydrogen-bond donors (Lipinski definition) is 3. The van der Waals surface area contributed by atoms with Crippen LogP contribution in [0.5, 0.6) is 0 Å². The Hall–Kier alpha value is -2.03. The van der Waals surface area contributed by atoms with Crippen molar-refractivity contribution in [3.63, 3.8) is 0 Å². The zero-order chi connectivity index (χ0) is 16.2. The average Bonchev–Trinajstić information content (AvgIpc) is 2.47. The lowest BCUT2D eigenvalue weighted by molar-refractivity contribution is -0.137. The Labute approximate surface area is 124 Å². The Balaban J connectivity index is 1.94. The smallest absolute Gasteiger partial charge is 0.381 e. The average molecular weight is 319 g/mol. The second kappa shape index (κ2) is 6.82. The van der Waals surface area contributed by atoms with Gasteiger partial charge in [0.2, 0.25) is 0 Å². The number of carbonyl (C=O) groups is 1. The monoisotopic (exact) mass is 319 g/mol. The van der Waals surface area contributed by atoms with Crippen LogP contribution in [-0.2, 0) is 10.9 Å². The number of aromatic nitrogens is 1. The number of H-pyrrole nitrogens is 1. The summed E-state index contributed by atoms with van der Waals surface area (Å²) in [5.74, 6) is 0.166. The van der Waals surface area contributed by atoms with Crippen LogP contribution >= 0.6 is 0 Å². The van der Waals surface area contributed by atoms with Gasteiger partial charge in [0.1, 0.15) is 5.69 Å². The quantitative estimate of drug-likeness (QED) is 0.796. The highest BCUT2D eigenvalue weighted by atomic mass is 19.4. The normalized spacial score (nSPS) is 18.8. The van der Waals surface area contributed by atoms with Gasteiger partial charge >= 0.3 is 12.2 Å². The molecule has 0 unspecified atom stereocenters. The Morgan fingerprint density at radius 2 is 2.23 bits per heavy atom. The lowest BCUT2D eigenvalue weighted by Crippen LogP contribution is -2.37. The van der Waals surface area contributed by atoms with Crippen molar-refractivity contribution < 1.29 is 22.7 Å². The maximum absolute atomic E-state index is 12.6. The van der Waals surface area contributed by atoms with Gasteiger partial charge in [-0.15, -0.1) is 0 Å². The van der Waals surface area contributed by atoms with Crippen LogP contribution in [0.15, 0.2) is 17.1 Å². The predicted octanol–water partition coefficient (Wildman–Crippen LogP) is 1.94. The molecule has 1 aromatic rings. The van der Waals surface area contributed by atoms with Crippen LogP contribution in [0.3, 0.4) is 0 Å². The molecule has 1 atom stereocenters. The molecule has 1 fully saturated rings. The van der Waals surface area contributed by atoms with Gasteiger partial charge in [0.25, 0.3) is 5.56 Å². The molecule has 22 heavy (non-hydrogen) atoms. The van der Waals surface area contributed by atoms with Gasteiger partial charge in [0, 0.05) is 19.3 Å². The number of nitrogens with one attached hydrogen (secondary N) is 3. The maximum atomic E-state index is 12.6. The summed E-state index contributed by atoms with van der Waals surface area (Å²) >= 11 is 0. The molecule has 9 heteroatoms. The van der Waals surface area contributed by atoms with Gasteiger partial charge in [-0.1, -0.05) is 0 Å². The summed E-state index contributed by atoms with van der Waals surface area (Å²) in [4.78, 5) is 25.1. The SMILES string of the molecule is O=C(NC[C@H]1CCCOC1)Nc1cc(C(F)(F)F)c[nH]c1=O. The van der Waals surface area contributed by atoms with Crippen LogP contribution in [-0.4, -0.2) is 30.8 Å². The zero-order valence-corrected chi connectivity index (χ0v) is 11.6. The summed E-state index contributed by atoms with van der Waals surface area (Å²) in [6.07, 6.45) is -2.23. The fourth-order valence-corrected chi connectivity index (χ4v) is 2.11. The summed E-state index contributed by atoms with van der Waals surface area (Å²) in [5, 5.41) is 4.65. The van der Waals surface area contributed by atoms with Gasteiger partial charge in [0.15, 0.2) is 0 Å². The Morgan fingerprint density at radius 3 is 2.86 bits per heavy atom. The third-order valence-corrected chi connectivity index (χ3v) is 3.28. The van der Waals surface area contributed by atoms with E-state index in [4.69, 9.17) is 4.74 Å². The molecular weight excluding hydrogens is 303 g/mol. The summed E-state index contributed by atoms with van der Waals surface area (Å²) in [7, 11) is 0. The van der Waals surface area contributed by atoms with Crippen LogP contribution in [0.1, 0.15) is 18.4 Å². The lowest BCUT2D eigenvalue weighted by Gasteiger charge is -2.22. The first-order valence-electron chi connectivity index (χ1n) is 6.79. The van der Waals surface area contributed by atoms with E-state index in [0.717, 1.165) is 12.8 Å². The van der Waals surface area contributed by atoms with E-state index in [0.29, 0.717) is 32.0 Å². The highest BCUT2D eigenvalue weighted by Gasteiger charge is 2.31. The molecule has 122 valence electrons. The molecule has 0 saturated carbocycles. The van der Waals surface area contributed by atoms with Crippen LogP contribution < -0.4 is 16.2 Å². The Morgan fingerprint density at radius 1 is 1.45 bits per heavy atom. The van der Waals surface area contributed by atoms with Crippen molar-refractivity contribution in [2.45, 2.75) is 19.0 Å². The molecule has 0 radical (unpaired) electrons. The fraction of sp³-hybridized carbons (Fsp3) is 0.538. The molecule has 3 N–H and O–H groups in total. The van der Waals surface area contributed by atoms with Gasteiger partial charge in [-0.05, 0) is 24.8 Å². The van der Waals surface area contributed by atoms with Crippen LogP contribution in [0.4, 0.5) is 23.7 Å². The third-order valence-electron chi connectivity index (χ3n) is 3.28. The van der Waals surface area contributed by atoms with Gasteiger partial charge in [0.05, 0.1) is 12.2 Å². The minimum atomic E-state index is -4.60. The van der Waals surface area contributed by atoms with Crippen molar-refractivity contribution in [1.29, 1.82) is 0 Å². The number of pyridine rings is 1. The number of anilines is 1. The van der Waals surface area contributed by atoms with E-state index in [1.165, 1.54) is 0 Å². The number of ether oxygens (including phenoxy) is 1. The van der Waals surface area contributed by atoms with E-state index in [2.05, 4.69) is 10.6 Å². The van der Waals surface area contributed by atoms with E-state index >= 15 is 0 Å². The van der Waals surface area contributed by atoms with E-state index < -0.39 is 29.0 Å². The maximum Gasteiger partial charge on any atom is 0.417 e. The topological polar surface area (TPSA) is 83.2 Å². The number of alkyl halides is 3. The van der Waals surface area contributed by atoms with Crippen molar-refractivity contribution in [3.8, 4) is 0 Å². The van der Waals surface area contributed by atoms with Crippen LogP contribution in [0.25, 0.3) is 0 Å². The number of hydrogen-bond acceptors (Lipinski definition) is 3. The molecule has 1 aliphatic heterocycles. The molecule has 2 heterocycles. The summed E-state index contributed by atoms with van der Waals surface area (Å²) < 4.78 is 42.9. The molecular formula is C13H16F3N3O3. The van der Waals surface area contributed by atoms with Crippen molar-refractivity contribution >= 4 is 11.7 Å². The largest absolute Gasteiger partial charge is 0.417 e. The molecule has 2 amide bonds. The minimum absolute atomic E-state index is 0.166. The number of urea groups is 1. The first-order valence-corrected chi connectivity index (χ1v) is 6.79. The molecule has 1 saturated heterocycles. The first kappa shape index (κ1) is 16.3. The summed E-state index contributed by atoms with van der Waals surface area (Å²) in [5.41, 5.74) is -2.29. The number of aromatic amines is 1. The molecule has 0 bridgehead atoms.